The summed E-state index contributed by atoms with van der Waals surface area (Å²) in [6.07, 6.45) is 1.24. The molecule has 14 heteroatoms. The summed E-state index contributed by atoms with van der Waals surface area (Å²) in [7, 11) is -2.33. The smallest absolute Gasteiger partial charge is 0.333 e. The lowest BCUT2D eigenvalue weighted by Crippen LogP contribution is -2.43. The maximum absolute atomic E-state index is 13.0. The van der Waals surface area contributed by atoms with Gasteiger partial charge in [0.1, 0.15) is 10.0 Å². The van der Waals surface area contributed by atoms with E-state index in [2.05, 4.69) is 38.2 Å². The normalized spacial score (nSPS) is 13.4. The maximum Gasteiger partial charge on any atom is 0.333 e. The summed E-state index contributed by atoms with van der Waals surface area (Å²) < 4.78 is 27.3. The fourth-order valence-corrected chi connectivity index (χ4v) is 6.35. The van der Waals surface area contributed by atoms with Crippen LogP contribution in [0.25, 0.3) is 0 Å². The zero-order valence-electron chi connectivity index (χ0n) is 17.3. The number of benzene rings is 1. The summed E-state index contributed by atoms with van der Waals surface area (Å²) in [4.78, 5) is 42.9. The van der Waals surface area contributed by atoms with Gasteiger partial charge in [0.15, 0.2) is 0 Å². The second-order valence-electron chi connectivity index (χ2n) is 6.97. The van der Waals surface area contributed by atoms with Crippen molar-refractivity contribution in [1.29, 1.82) is 0 Å². The number of hydrogen-bond acceptors (Lipinski definition) is 8. The van der Waals surface area contributed by atoms with E-state index in [-0.39, 0.29) is 26.5 Å². The van der Waals surface area contributed by atoms with Crippen LogP contribution >= 0.6 is 45.5 Å². The van der Waals surface area contributed by atoms with Gasteiger partial charge in [0, 0.05) is 21.9 Å². The van der Waals surface area contributed by atoms with Gasteiger partial charge in [-0.05, 0) is 64.6 Å². The molecule has 0 radical (unpaired) electrons. The molecule has 0 spiro atoms. The van der Waals surface area contributed by atoms with Gasteiger partial charge in [0.2, 0.25) is 5.91 Å². The Kier molecular flexibility index (Phi) is 6.80. The minimum atomic E-state index is -4.09. The van der Waals surface area contributed by atoms with Crippen LogP contribution in [0.2, 0.25) is 4.34 Å². The number of anilines is 3. The van der Waals surface area contributed by atoms with Gasteiger partial charge >= 0.3 is 6.03 Å². The first-order valence-electron chi connectivity index (χ1n) is 9.51. The van der Waals surface area contributed by atoms with Crippen molar-refractivity contribution < 1.29 is 22.8 Å². The Bertz CT molecular complexity index is 1430. The molecule has 4 amide bonds. The third-order valence-electron chi connectivity index (χ3n) is 4.76. The zero-order valence-corrected chi connectivity index (χ0v) is 21.8. The molecule has 4 rings (SSSR count). The standard InChI is InChI=1S/C20H15ClIN5O5S2/c1-23-14-6-10-7-17(28)27(19(29)12(10)8-13(14)22)16-4-2-11(9-24-16)25-20(30)26-34(31,32)18-5-3-15(21)33-18/h2-6,8-9,23H,7H2,1H3,(H2,25,26,30). The second-order valence-corrected chi connectivity index (χ2v) is 11.8. The number of imide groups is 1. The third kappa shape index (κ3) is 4.87. The molecular weight excluding hydrogens is 617 g/mol. The number of hydrogen-bond donors (Lipinski definition) is 3. The highest BCUT2D eigenvalue weighted by Gasteiger charge is 2.33. The largest absolute Gasteiger partial charge is 0.387 e. The number of rotatable bonds is 5. The van der Waals surface area contributed by atoms with E-state index in [0.717, 1.165) is 25.5 Å². The number of pyridine rings is 1. The maximum atomic E-state index is 13.0. The predicted octanol–water partition coefficient (Wildman–Crippen LogP) is 3.68. The summed E-state index contributed by atoms with van der Waals surface area (Å²) in [5.74, 6) is -0.856. The van der Waals surface area contributed by atoms with Crippen molar-refractivity contribution in [3.63, 3.8) is 0 Å². The van der Waals surface area contributed by atoms with Crippen molar-refractivity contribution in [2.45, 2.75) is 10.6 Å². The molecule has 10 nitrogen and oxygen atoms in total. The lowest BCUT2D eigenvalue weighted by atomic mass is 9.97. The molecule has 0 fully saturated rings. The molecule has 1 aliphatic heterocycles. The Labute approximate surface area is 216 Å². The first kappa shape index (κ1) is 24.4. The van der Waals surface area contributed by atoms with Crippen LogP contribution in [0.3, 0.4) is 0 Å². The molecule has 0 saturated carbocycles. The van der Waals surface area contributed by atoms with Crippen LogP contribution in [0.15, 0.2) is 46.8 Å². The topological polar surface area (TPSA) is 138 Å². The van der Waals surface area contributed by atoms with Gasteiger partial charge in [-0.1, -0.05) is 11.6 Å². The summed E-state index contributed by atoms with van der Waals surface area (Å²) in [5, 5.41) is 5.37. The molecule has 3 N–H and O–H groups in total. The zero-order chi connectivity index (χ0) is 24.6. The number of thiophene rings is 1. The van der Waals surface area contributed by atoms with Gasteiger partial charge in [-0.2, -0.15) is 0 Å². The van der Waals surface area contributed by atoms with Crippen LogP contribution in [0, 0.1) is 3.57 Å². The lowest BCUT2D eigenvalue weighted by Gasteiger charge is -2.26. The number of carbonyl (C=O) groups is 3. The van der Waals surface area contributed by atoms with E-state index < -0.39 is 27.9 Å². The molecule has 0 bridgehead atoms. The molecule has 0 saturated heterocycles. The van der Waals surface area contributed by atoms with Gasteiger partial charge in [-0.3, -0.25) is 9.59 Å². The van der Waals surface area contributed by atoms with Crippen LogP contribution in [-0.2, 0) is 21.2 Å². The van der Waals surface area contributed by atoms with Crippen LogP contribution in [0.4, 0.5) is 22.0 Å². The lowest BCUT2D eigenvalue weighted by molar-refractivity contribution is -0.117. The average molecular weight is 632 g/mol. The third-order valence-corrected chi connectivity index (χ3v) is 8.71. The van der Waals surface area contributed by atoms with Crippen LogP contribution in [0.5, 0.6) is 0 Å². The van der Waals surface area contributed by atoms with Gasteiger partial charge in [0.05, 0.1) is 22.6 Å². The molecule has 176 valence electrons. The van der Waals surface area contributed by atoms with E-state index in [1.54, 1.807) is 19.2 Å². The van der Waals surface area contributed by atoms with Gasteiger partial charge in [-0.25, -0.2) is 27.8 Å². The fourth-order valence-electron chi connectivity index (χ4n) is 3.23. The summed E-state index contributed by atoms with van der Waals surface area (Å²) in [5.41, 5.74) is 2.01. The highest BCUT2D eigenvalue weighted by molar-refractivity contribution is 14.1. The highest BCUT2D eigenvalue weighted by atomic mass is 127. The number of sulfonamides is 1. The Balaban J connectivity index is 1.49. The van der Waals surface area contributed by atoms with E-state index in [4.69, 9.17) is 11.6 Å². The predicted molar refractivity (Wildman–Crippen MR) is 137 cm³/mol. The molecule has 0 aliphatic carbocycles. The van der Waals surface area contributed by atoms with Crippen LogP contribution in [-0.4, -0.2) is 38.3 Å². The van der Waals surface area contributed by atoms with E-state index >= 15 is 0 Å². The summed E-state index contributed by atoms with van der Waals surface area (Å²) >= 11 is 8.66. The second kappa shape index (κ2) is 9.48. The minimum absolute atomic E-state index is 0.0291. The fraction of sp³-hybridized carbons (Fsp3) is 0.100. The number of urea groups is 1. The summed E-state index contributed by atoms with van der Waals surface area (Å²) in [6.45, 7) is 0. The Morgan fingerprint density at radius 1 is 1.21 bits per heavy atom. The number of aromatic nitrogens is 1. The van der Waals surface area contributed by atoms with Crippen molar-refractivity contribution in [2.24, 2.45) is 0 Å². The molecular formula is C20H15ClIN5O5S2. The van der Waals surface area contributed by atoms with E-state index in [9.17, 15) is 22.8 Å². The molecule has 3 heterocycles. The van der Waals surface area contributed by atoms with Crippen LogP contribution in [0.1, 0.15) is 15.9 Å². The quantitative estimate of drug-likeness (QED) is 0.289. The molecule has 3 aromatic rings. The minimum Gasteiger partial charge on any atom is -0.387 e. The Hall–Kier alpha value is -2.75. The molecule has 34 heavy (non-hydrogen) atoms. The Morgan fingerprint density at radius 2 is 1.97 bits per heavy atom. The van der Waals surface area contributed by atoms with E-state index in [1.807, 2.05) is 4.72 Å². The number of nitrogens with one attached hydrogen (secondary N) is 3. The van der Waals surface area contributed by atoms with Crippen molar-refractivity contribution in [1.82, 2.24) is 9.71 Å². The SMILES string of the molecule is CNc1cc2c(cc1I)C(=O)N(c1ccc(NC(=O)NS(=O)(=O)c3ccc(Cl)s3)cn1)C(=O)C2. The van der Waals surface area contributed by atoms with E-state index in [0.29, 0.717) is 11.1 Å². The highest BCUT2D eigenvalue weighted by Crippen LogP contribution is 2.30. The van der Waals surface area contributed by atoms with Gasteiger partial charge < -0.3 is 10.6 Å². The molecule has 1 aromatic carbocycles. The van der Waals surface area contributed by atoms with Gasteiger partial charge in [0.25, 0.3) is 15.9 Å². The Morgan fingerprint density at radius 3 is 2.59 bits per heavy atom. The monoisotopic (exact) mass is 631 g/mol. The molecule has 2 aromatic heterocycles. The number of fused-ring (bicyclic) bond motifs is 1. The van der Waals surface area contributed by atoms with Gasteiger partial charge in [-0.15, -0.1) is 11.3 Å². The molecule has 1 aliphatic rings. The number of amides is 4. The number of halogens is 2. The first-order valence-corrected chi connectivity index (χ1v) is 13.3. The van der Waals surface area contributed by atoms with Crippen molar-refractivity contribution in [3.05, 3.63) is 61.6 Å². The van der Waals surface area contributed by atoms with Crippen molar-refractivity contribution >= 4 is 90.6 Å². The average Bonchev–Trinajstić information content (AvgIpc) is 3.22. The number of nitrogens with zero attached hydrogens (tertiary/aromatic N) is 2. The van der Waals surface area contributed by atoms with E-state index in [1.165, 1.54) is 30.5 Å². The molecule has 0 atom stereocenters. The molecule has 0 unspecified atom stereocenters. The number of carbonyl (C=O) groups excluding carboxylic acids is 3. The van der Waals surface area contributed by atoms with Crippen molar-refractivity contribution in [2.75, 3.05) is 22.6 Å². The van der Waals surface area contributed by atoms with Crippen LogP contribution < -0.4 is 20.3 Å². The summed E-state index contributed by atoms with van der Waals surface area (Å²) in [6, 6.07) is 7.96. The first-order chi connectivity index (χ1) is 16.1. The van der Waals surface area contributed by atoms with Crippen molar-refractivity contribution in [3.8, 4) is 0 Å².